The number of nitrogens with zero attached hydrogens (tertiary/aromatic N) is 1. The van der Waals surface area contributed by atoms with Gasteiger partial charge in [0.2, 0.25) is 5.91 Å². The van der Waals surface area contributed by atoms with E-state index in [2.05, 4.69) is 5.32 Å². The summed E-state index contributed by atoms with van der Waals surface area (Å²) in [6.45, 7) is 1.93. The van der Waals surface area contributed by atoms with Crippen LogP contribution in [0.15, 0.2) is 24.3 Å². The highest BCUT2D eigenvalue weighted by atomic mass is 16.1. The number of anilines is 1. The molecule has 1 amide bonds. The highest BCUT2D eigenvalue weighted by Crippen LogP contribution is 2.14. The standard InChI is InChI=1S/C11H13N3O/c1-8-4-2-3-5-10(8)14-9(7-12)6-11(13)15/h2-5,9,14H,6H2,1H3,(H2,13,15). The summed E-state index contributed by atoms with van der Waals surface area (Å²) in [4.78, 5) is 10.7. The van der Waals surface area contributed by atoms with E-state index in [4.69, 9.17) is 11.0 Å². The van der Waals surface area contributed by atoms with Gasteiger partial charge < -0.3 is 11.1 Å². The Labute approximate surface area is 88.7 Å². The lowest BCUT2D eigenvalue weighted by atomic mass is 10.1. The summed E-state index contributed by atoms with van der Waals surface area (Å²) in [5.74, 6) is -0.484. The molecule has 0 aliphatic carbocycles. The van der Waals surface area contributed by atoms with Crippen LogP contribution in [0, 0.1) is 18.3 Å². The molecule has 0 radical (unpaired) electrons. The third kappa shape index (κ3) is 3.31. The second kappa shape index (κ2) is 5.01. The average molecular weight is 203 g/mol. The summed E-state index contributed by atoms with van der Waals surface area (Å²) < 4.78 is 0. The number of rotatable bonds is 4. The van der Waals surface area contributed by atoms with E-state index in [0.717, 1.165) is 11.3 Å². The number of nitriles is 1. The van der Waals surface area contributed by atoms with Crippen LogP contribution in [-0.4, -0.2) is 11.9 Å². The van der Waals surface area contributed by atoms with Crippen molar-refractivity contribution in [1.29, 1.82) is 5.26 Å². The van der Waals surface area contributed by atoms with E-state index in [1.54, 1.807) is 0 Å². The first-order valence-electron chi connectivity index (χ1n) is 4.63. The van der Waals surface area contributed by atoms with Crippen LogP contribution < -0.4 is 11.1 Å². The SMILES string of the molecule is Cc1ccccc1NC(C#N)CC(N)=O. The van der Waals surface area contributed by atoms with E-state index in [0.29, 0.717) is 0 Å². The third-order valence-corrected chi connectivity index (χ3v) is 2.04. The lowest BCUT2D eigenvalue weighted by Gasteiger charge is -2.13. The van der Waals surface area contributed by atoms with Gasteiger partial charge in [-0.15, -0.1) is 0 Å². The molecule has 0 saturated carbocycles. The van der Waals surface area contributed by atoms with Crippen LogP contribution in [0.4, 0.5) is 5.69 Å². The summed E-state index contributed by atoms with van der Waals surface area (Å²) in [6, 6.07) is 9.01. The van der Waals surface area contributed by atoms with Crippen molar-refractivity contribution < 1.29 is 4.79 Å². The van der Waals surface area contributed by atoms with Gasteiger partial charge >= 0.3 is 0 Å². The number of nitrogens with two attached hydrogens (primary N) is 1. The zero-order valence-corrected chi connectivity index (χ0v) is 8.53. The highest BCUT2D eigenvalue weighted by molar-refractivity contribution is 5.75. The van der Waals surface area contributed by atoms with Gasteiger partial charge in [0, 0.05) is 5.69 Å². The molecule has 1 atom stereocenters. The molecule has 1 unspecified atom stereocenters. The van der Waals surface area contributed by atoms with Gasteiger partial charge in [-0.25, -0.2) is 0 Å². The van der Waals surface area contributed by atoms with Gasteiger partial charge in [0.15, 0.2) is 0 Å². The monoisotopic (exact) mass is 203 g/mol. The van der Waals surface area contributed by atoms with Crippen LogP contribution >= 0.6 is 0 Å². The molecule has 3 N–H and O–H groups in total. The largest absolute Gasteiger partial charge is 0.370 e. The van der Waals surface area contributed by atoms with Crippen molar-refractivity contribution in [3.8, 4) is 6.07 Å². The fourth-order valence-electron chi connectivity index (χ4n) is 1.25. The molecule has 0 bridgehead atoms. The van der Waals surface area contributed by atoms with E-state index in [-0.39, 0.29) is 6.42 Å². The summed E-state index contributed by atoms with van der Waals surface area (Å²) >= 11 is 0. The second-order valence-electron chi connectivity index (χ2n) is 3.31. The van der Waals surface area contributed by atoms with Gasteiger partial charge in [0.1, 0.15) is 6.04 Å². The summed E-state index contributed by atoms with van der Waals surface area (Å²) in [7, 11) is 0. The highest BCUT2D eigenvalue weighted by Gasteiger charge is 2.10. The van der Waals surface area contributed by atoms with Gasteiger partial charge in [-0.3, -0.25) is 4.79 Å². The predicted molar refractivity (Wildman–Crippen MR) is 58.0 cm³/mol. The van der Waals surface area contributed by atoms with Crippen molar-refractivity contribution in [3.63, 3.8) is 0 Å². The minimum absolute atomic E-state index is 0.0187. The molecular formula is C11H13N3O. The molecule has 0 saturated heterocycles. The number of carbonyl (C=O) groups is 1. The molecule has 4 heteroatoms. The van der Waals surface area contributed by atoms with Crippen molar-refractivity contribution in [3.05, 3.63) is 29.8 Å². The van der Waals surface area contributed by atoms with Crippen molar-refractivity contribution in [2.45, 2.75) is 19.4 Å². The summed E-state index contributed by atoms with van der Waals surface area (Å²) in [5.41, 5.74) is 6.91. The van der Waals surface area contributed by atoms with Gasteiger partial charge in [-0.1, -0.05) is 18.2 Å². The average Bonchev–Trinajstić information content (AvgIpc) is 2.19. The molecule has 1 aromatic carbocycles. The number of amides is 1. The number of hydrogen-bond donors (Lipinski definition) is 2. The van der Waals surface area contributed by atoms with E-state index in [1.165, 1.54) is 0 Å². The molecular weight excluding hydrogens is 190 g/mol. The number of aryl methyl sites for hydroxylation is 1. The van der Waals surface area contributed by atoms with E-state index in [9.17, 15) is 4.79 Å². The smallest absolute Gasteiger partial charge is 0.220 e. The fourth-order valence-corrected chi connectivity index (χ4v) is 1.25. The maximum Gasteiger partial charge on any atom is 0.220 e. The molecule has 15 heavy (non-hydrogen) atoms. The van der Waals surface area contributed by atoms with Crippen molar-refractivity contribution in [2.24, 2.45) is 5.73 Å². The number of hydrogen-bond acceptors (Lipinski definition) is 3. The fraction of sp³-hybridized carbons (Fsp3) is 0.273. The molecule has 1 rings (SSSR count). The molecule has 0 aliphatic heterocycles. The number of benzene rings is 1. The van der Waals surface area contributed by atoms with E-state index in [1.807, 2.05) is 37.3 Å². The first kappa shape index (κ1) is 11.1. The molecule has 4 nitrogen and oxygen atoms in total. The molecule has 0 aliphatic rings. The molecule has 0 heterocycles. The number of primary amides is 1. The first-order valence-corrected chi connectivity index (χ1v) is 4.63. The molecule has 1 aromatic rings. The maximum absolute atomic E-state index is 10.7. The van der Waals surface area contributed by atoms with Gasteiger partial charge in [-0.2, -0.15) is 5.26 Å². The van der Waals surface area contributed by atoms with Gasteiger partial charge in [0.25, 0.3) is 0 Å². The van der Waals surface area contributed by atoms with Crippen LogP contribution in [0.2, 0.25) is 0 Å². The maximum atomic E-state index is 10.7. The summed E-state index contributed by atoms with van der Waals surface area (Å²) in [6.07, 6.45) is 0.0187. The summed E-state index contributed by atoms with van der Waals surface area (Å²) in [5, 5.41) is 11.8. The van der Waals surface area contributed by atoms with Crippen LogP contribution in [0.25, 0.3) is 0 Å². The van der Waals surface area contributed by atoms with Crippen LogP contribution in [0.3, 0.4) is 0 Å². The molecule has 0 spiro atoms. The molecule has 78 valence electrons. The van der Waals surface area contributed by atoms with Gasteiger partial charge in [-0.05, 0) is 18.6 Å². The Kier molecular flexibility index (Phi) is 3.69. The minimum atomic E-state index is -0.566. The van der Waals surface area contributed by atoms with Crippen molar-refractivity contribution in [2.75, 3.05) is 5.32 Å². The Bertz CT molecular complexity index is 395. The predicted octanol–water partition coefficient (Wildman–Crippen LogP) is 1.17. The zero-order chi connectivity index (χ0) is 11.3. The number of carbonyl (C=O) groups excluding carboxylic acids is 1. The molecule has 0 aromatic heterocycles. The van der Waals surface area contributed by atoms with Crippen LogP contribution in [0.1, 0.15) is 12.0 Å². The van der Waals surface area contributed by atoms with E-state index < -0.39 is 11.9 Å². The van der Waals surface area contributed by atoms with Crippen molar-refractivity contribution in [1.82, 2.24) is 0 Å². The first-order chi connectivity index (χ1) is 7.13. The lowest BCUT2D eigenvalue weighted by Crippen LogP contribution is -2.25. The third-order valence-electron chi connectivity index (χ3n) is 2.04. The van der Waals surface area contributed by atoms with Gasteiger partial charge in [0.05, 0.1) is 12.5 Å². The van der Waals surface area contributed by atoms with Crippen LogP contribution in [-0.2, 0) is 4.79 Å². The normalized spacial score (nSPS) is 11.5. The number of nitrogens with one attached hydrogen (secondary N) is 1. The zero-order valence-electron chi connectivity index (χ0n) is 8.53. The Morgan fingerprint density at radius 3 is 2.80 bits per heavy atom. The van der Waals surface area contributed by atoms with Crippen molar-refractivity contribution >= 4 is 11.6 Å². The Hall–Kier alpha value is -2.02. The topological polar surface area (TPSA) is 78.9 Å². The van der Waals surface area contributed by atoms with E-state index >= 15 is 0 Å². The minimum Gasteiger partial charge on any atom is -0.370 e. The second-order valence-corrected chi connectivity index (χ2v) is 3.31. The lowest BCUT2D eigenvalue weighted by molar-refractivity contribution is -0.118. The number of para-hydroxylation sites is 1. The molecule has 0 fully saturated rings. The Morgan fingerprint density at radius 1 is 1.60 bits per heavy atom. The Balaban J connectivity index is 2.72. The van der Waals surface area contributed by atoms with Crippen LogP contribution in [0.5, 0.6) is 0 Å². The quantitative estimate of drug-likeness (QED) is 0.771. The Morgan fingerprint density at radius 2 is 2.27 bits per heavy atom.